The van der Waals surface area contributed by atoms with Gasteiger partial charge < -0.3 is 5.32 Å². The maximum Gasteiger partial charge on any atom is 0.242 e. The Labute approximate surface area is 140 Å². The molecule has 2 rings (SSSR count). The van der Waals surface area contributed by atoms with Crippen molar-refractivity contribution in [3.05, 3.63) is 24.3 Å². The van der Waals surface area contributed by atoms with Gasteiger partial charge in [-0.1, -0.05) is 20.8 Å². The fourth-order valence-electron chi connectivity index (χ4n) is 2.28. The quantitative estimate of drug-likeness (QED) is 0.860. The predicted molar refractivity (Wildman–Crippen MR) is 91.2 cm³/mol. The van der Waals surface area contributed by atoms with Crippen LogP contribution in [0.5, 0.6) is 0 Å². The zero-order valence-corrected chi connectivity index (χ0v) is 14.7. The van der Waals surface area contributed by atoms with Crippen LogP contribution >= 0.6 is 11.8 Å². The number of hydrogen-bond donors (Lipinski definition) is 1. The first-order valence-electron chi connectivity index (χ1n) is 7.53. The van der Waals surface area contributed by atoms with Crippen LogP contribution in [0.3, 0.4) is 0 Å². The minimum absolute atomic E-state index is 0.0175. The summed E-state index contributed by atoms with van der Waals surface area (Å²) in [5.41, 5.74) is 0.677. The number of benzene rings is 1. The van der Waals surface area contributed by atoms with Crippen molar-refractivity contribution in [3.63, 3.8) is 0 Å². The van der Waals surface area contributed by atoms with Gasteiger partial charge in [-0.15, -0.1) is 11.8 Å². The van der Waals surface area contributed by atoms with E-state index in [2.05, 4.69) is 5.32 Å². The van der Waals surface area contributed by atoms with Crippen LogP contribution in [0, 0.1) is 5.41 Å². The average molecular weight is 334 g/mol. The first kappa shape index (κ1) is 17.5. The number of amides is 3. The molecule has 1 saturated heterocycles. The van der Waals surface area contributed by atoms with Crippen LogP contribution in [0.2, 0.25) is 0 Å². The first-order valence-corrected chi connectivity index (χ1v) is 8.41. The summed E-state index contributed by atoms with van der Waals surface area (Å²) in [5, 5.41) is 2.51. The van der Waals surface area contributed by atoms with E-state index in [9.17, 15) is 14.4 Å². The molecule has 23 heavy (non-hydrogen) atoms. The van der Waals surface area contributed by atoms with Crippen molar-refractivity contribution >= 4 is 35.2 Å². The van der Waals surface area contributed by atoms with E-state index in [1.807, 2.05) is 45.0 Å². The molecule has 1 atom stereocenters. The average Bonchev–Trinajstić information content (AvgIpc) is 2.66. The molecular weight excluding hydrogens is 312 g/mol. The summed E-state index contributed by atoms with van der Waals surface area (Å²) in [5.74, 6) is -0.308. The number of anilines is 1. The minimum Gasteiger partial charge on any atom is -0.326 e. The summed E-state index contributed by atoms with van der Waals surface area (Å²) in [7, 11) is 1.51. The first-order chi connectivity index (χ1) is 10.7. The van der Waals surface area contributed by atoms with Crippen molar-refractivity contribution in [2.75, 3.05) is 12.4 Å². The standard InChI is InChI=1S/C17H22N2O3S/c1-17(2,3)10-14(20)18-11-5-7-12(8-6-11)23-13-9-15(21)19(4)16(13)22/h5-8,13H,9-10H2,1-4H3,(H,18,20). The van der Waals surface area contributed by atoms with Crippen LogP contribution < -0.4 is 5.32 Å². The van der Waals surface area contributed by atoms with E-state index in [0.717, 1.165) is 10.6 Å². The van der Waals surface area contributed by atoms with Gasteiger partial charge in [0.2, 0.25) is 17.7 Å². The molecule has 1 heterocycles. The van der Waals surface area contributed by atoms with Crippen LogP contribution in [0.1, 0.15) is 33.6 Å². The number of carbonyl (C=O) groups is 3. The van der Waals surface area contributed by atoms with Crippen molar-refractivity contribution in [1.82, 2.24) is 4.90 Å². The molecular formula is C17H22N2O3S. The Balaban J connectivity index is 1.94. The zero-order valence-electron chi connectivity index (χ0n) is 13.9. The summed E-state index contributed by atoms with van der Waals surface area (Å²) < 4.78 is 0. The van der Waals surface area contributed by atoms with Crippen molar-refractivity contribution in [1.29, 1.82) is 0 Å². The highest BCUT2D eigenvalue weighted by atomic mass is 32.2. The largest absolute Gasteiger partial charge is 0.326 e. The number of rotatable bonds is 4. The summed E-state index contributed by atoms with van der Waals surface area (Å²) in [6.45, 7) is 6.05. The van der Waals surface area contributed by atoms with Gasteiger partial charge in [-0.05, 0) is 29.7 Å². The number of nitrogens with one attached hydrogen (secondary N) is 1. The van der Waals surface area contributed by atoms with Gasteiger partial charge >= 0.3 is 0 Å². The lowest BCUT2D eigenvalue weighted by Crippen LogP contribution is -2.26. The lowest BCUT2D eigenvalue weighted by atomic mass is 9.92. The maximum absolute atomic E-state index is 11.9. The topological polar surface area (TPSA) is 66.5 Å². The van der Waals surface area contributed by atoms with Crippen LogP contribution in [-0.4, -0.2) is 34.9 Å². The SMILES string of the molecule is CN1C(=O)CC(Sc2ccc(NC(=O)CC(C)(C)C)cc2)C1=O. The van der Waals surface area contributed by atoms with Gasteiger partial charge in [-0.3, -0.25) is 19.3 Å². The number of hydrogen-bond acceptors (Lipinski definition) is 4. The van der Waals surface area contributed by atoms with Gasteiger partial charge in [-0.25, -0.2) is 0 Å². The van der Waals surface area contributed by atoms with E-state index >= 15 is 0 Å². The molecule has 1 unspecified atom stereocenters. The molecule has 1 N–H and O–H groups in total. The smallest absolute Gasteiger partial charge is 0.242 e. The van der Waals surface area contributed by atoms with Gasteiger partial charge in [0, 0.05) is 30.5 Å². The predicted octanol–water partition coefficient (Wildman–Crippen LogP) is 2.91. The van der Waals surface area contributed by atoms with Crippen LogP contribution in [0.25, 0.3) is 0 Å². The molecule has 1 aliphatic heterocycles. The molecule has 0 aliphatic carbocycles. The Morgan fingerprint density at radius 2 is 1.87 bits per heavy atom. The second kappa shape index (κ2) is 6.74. The summed E-state index contributed by atoms with van der Waals surface area (Å²) >= 11 is 1.38. The lowest BCUT2D eigenvalue weighted by Gasteiger charge is -2.17. The molecule has 0 radical (unpaired) electrons. The number of nitrogens with zero attached hydrogens (tertiary/aromatic N) is 1. The second-order valence-electron chi connectivity index (χ2n) is 6.91. The third-order valence-electron chi connectivity index (χ3n) is 3.45. The van der Waals surface area contributed by atoms with Gasteiger partial charge in [0.05, 0.1) is 5.25 Å². The van der Waals surface area contributed by atoms with Gasteiger partial charge in [0.15, 0.2) is 0 Å². The minimum atomic E-state index is -0.353. The highest BCUT2D eigenvalue weighted by molar-refractivity contribution is 8.00. The number of carbonyl (C=O) groups excluding carboxylic acids is 3. The molecule has 3 amide bonds. The Hall–Kier alpha value is -1.82. The van der Waals surface area contributed by atoms with Crippen molar-refractivity contribution in [2.45, 2.75) is 43.8 Å². The lowest BCUT2D eigenvalue weighted by molar-refractivity contribution is -0.136. The van der Waals surface area contributed by atoms with E-state index < -0.39 is 0 Å². The molecule has 6 heteroatoms. The van der Waals surface area contributed by atoms with Gasteiger partial charge in [-0.2, -0.15) is 0 Å². The molecule has 1 aromatic carbocycles. The summed E-state index contributed by atoms with van der Waals surface area (Å²) in [4.78, 5) is 37.4. The third kappa shape index (κ3) is 4.82. The van der Waals surface area contributed by atoms with E-state index in [1.54, 1.807) is 0 Å². The van der Waals surface area contributed by atoms with E-state index in [1.165, 1.54) is 23.7 Å². The Bertz CT molecular complexity index is 620. The van der Waals surface area contributed by atoms with E-state index in [4.69, 9.17) is 0 Å². The molecule has 0 bridgehead atoms. The van der Waals surface area contributed by atoms with Crippen LogP contribution in [0.15, 0.2) is 29.2 Å². The molecule has 1 fully saturated rings. The fraction of sp³-hybridized carbons (Fsp3) is 0.471. The van der Waals surface area contributed by atoms with E-state index in [0.29, 0.717) is 6.42 Å². The molecule has 0 spiro atoms. The molecule has 0 aromatic heterocycles. The fourth-order valence-corrected chi connectivity index (χ4v) is 3.39. The van der Waals surface area contributed by atoms with Crippen molar-refractivity contribution in [2.24, 2.45) is 5.41 Å². The summed E-state index contributed by atoms with van der Waals surface area (Å²) in [6.07, 6.45) is 0.693. The van der Waals surface area contributed by atoms with Gasteiger partial charge in [0.25, 0.3) is 0 Å². The van der Waals surface area contributed by atoms with Crippen molar-refractivity contribution in [3.8, 4) is 0 Å². The number of imide groups is 1. The Morgan fingerprint density at radius 1 is 1.26 bits per heavy atom. The second-order valence-corrected chi connectivity index (χ2v) is 8.19. The highest BCUT2D eigenvalue weighted by Crippen LogP contribution is 2.31. The van der Waals surface area contributed by atoms with Gasteiger partial charge in [0.1, 0.15) is 0 Å². The molecule has 1 aromatic rings. The maximum atomic E-state index is 11.9. The number of likely N-dealkylation sites (tertiary alicyclic amines) is 1. The van der Waals surface area contributed by atoms with Crippen molar-refractivity contribution < 1.29 is 14.4 Å². The monoisotopic (exact) mass is 334 g/mol. The Morgan fingerprint density at radius 3 is 2.35 bits per heavy atom. The van der Waals surface area contributed by atoms with Crippen LogP contribution in [0.4, 0.5) is 5.69 Å². The van der Waals surface area contributed by atoms with E-state index in [-0.39, 0.29) is 34.8 Å². The Kier molecular flexibility index (Phi) is 5.14. The normalized spacial score (nSPS) is 18.4. The zero-order chi connectivity index (χ0) is 17.2. The third-order valence-corrected chi connectivity index (χ3v) is 4.64. The molecule has 5 nitrogen and oxygen atoms in total. The highest BCUT2D eigenvalue weighted by Gasteiger charge is 2.36. The summed E-state index contributed by atoms with van der Waals surface area (Å²) in [6, 6.07) is 7.34. The molecule has 0 saturated carbocycles. The van der Waals surface area contributed by atoms with Crippen LogP contribution in [-0.2, 0) is 14.4 Å². The molecule has 1 aliphatic rings. The molecule has 124 valence electrons. The number of thioether (sulfide) groups is 1.